The van der Waals surface area contributed by atoms with Crippen LogP contribution in [0.1, 0.15) is 20.8 Å². The van der Waals surface area contributed by atoms with Crippen molar-refractivity contribution in [3.63, 3.8) is 0 Å². The molecule has 0 bridgehead atoms. The van der Waals surface area contributed by atoms with Crippen molar-refractivity contribution in [3.8, 4) is 22.6 Å². The summed E-state index contributed by atoms with van der Waals surface area (Å²) in [5.74, 6) is 0.643. The van der Waals surface area contributed by atoms with Crippen molar-refractivity contribution in [2.75, 3.05) is 4.90 Å². The number of thiophene rings is 1. The average Bonchev–Trinajstić information content (AvgIpc) is 3.56. The zero-order chi connectivity index (χ0) is 26.6. The van der Waals surface area contributed by atoms with Gasteiger partial charge in [-0.2, -0.15) is 0 Å². The van der Waals surface area contributed by atoms with Crippen molar-refractivity contribution in [2.24, 2.45) is 0 Å². The molecule has 4 heteroatoms. The summed E-state index contributed by atoms with van der Waals surface area (Å²) in [5, 5.41) is 2.63. The Bertz CT molecular complexity index is 1940. The number of para-hydroxylation sites is 1. The van der Waals surface area contributed by atoms with Gasteiger partial charge in [-0.15, -0.1) is 11.3 Å². The highest BCUT2D eigenvalue weighted by molar-refractivity contribution is 7.26. The van der Waals surface area contributed by atoms with Gasteiger partial charge in [0.1, 0.15) is 5.52 Å². The second-order valence-electron chi connectivity index (χ2n) is 10.8. The van der Waals surface area contributed by atoms with Crippen LogP contribution in [0.25, 0.3) is 53.9 Å². The summed E-state index contributed by atoms with van der Waals surface area (Å²) >= 11 is 1.86. The molecule has 0 saturated carbocycles. The van der Waals surface area contributed by atoms with Gasteiger partial charge in [0.25, 0.3) is 0 Å². The van der Waals surface area contributed by atoms with Crippen molar-refractivity contribution < 1.29 is 4.42 Å². The number of rotatable bonds is 4. The van der Waals surface area contributed by atoms with E-state index in [4.69, 9.17) is 9.40 Å². The number of hydrogen-bond donors (Lipinski definition) is 0. The molecule has 39 heavy (non-hydrogen) atoms. The van der Waals surface area contributed by atoms with Crippen LogP contribution in [-0.2, 0) is 0 Å². The van der Waals surface area contributed by atoms with Gasteiger partial charge in [-0.25, -0.2) is 4.98 Å². The molecule has 0 atom stereocenters. The molecule has 7 rings (SSSR count). The van der Waals surface area contributed by atoms with Crippen molar-refractivity contribution in [1.29, 1.82) is 0 Å². The molecule has 0 unspecified atom stereocenters. The van der Waals surface area contributed by atoms with E-state index in [9.17, 15) is 0 Å². The van der Waals surface area contributed by atoms with Crippen LogP contribution >= 0.6 is 11.3 Å². The van der Waals surface area contributed by atoms with Gasteiger partial charge in [0.15, 0.2) is 5.58 Å². The second kappa shape index (κ2) is 9.11. The van der Waals surface area contributed by atoms with E-state index in [1.54, 1.807) is 0 Å². The van der Waals surface area contributed by atoms with E-state index >= 15 is 0 Å². The van der Waals surface area contributed by atoms with E-state index in [2.05, 4.69) is 98.5 Å². The van der Waals surface area contributed by atoms with Crippen LogP contribution in [0.5, 0.6) is 0 Å². The predicted molar refractivity (Wildman–Crippen MR) is 166 cm³/mol. The Balaban J connectivity index is 1.33. The van der Waals surface area contributed by atoms with Crippen molar-refractivity contribution >= 4 is 54.0 Å². The summed E-state index contributed by atoms with van der Waals surface area (Å²) in [6.45, 7) is 6.82. The predicted octanol–water partition coefficient (Wildman–Crippen LogP) is 10.5. The SMILES string of the molecule is CC(C)(C)N(c1ccc(-c2cccc3nc(-c4ccccc4)oc23)cc1)c1cccc2sc3ccccc3c12. The lowest BCUT2D eigenvalue weighted by Crippen LogP contribution is -2.37. The Kier molecular flexibility index (Phi) is 5.53. The molecule has 2 aromatic heterocycles. The third-order valence-corrected chi connectivity index (χ3v) is 8.30. The molecule has 0 aliphatic heterocycles. The summed E-state index contributed by atoms with van der Waals surface area (Å²) in [6, 6.07) is 40.4. The van der Waals surface area contributed by atoms with Crippen LogP contribution in [0.15, 0.2) is 120 Å². The van der Waals surface area contributed by atoms with Crippen LogP contribution in [0.2, 0.25) is 0 Å². The number of oxazole rings is 1. The molecular formula is C35H28N2OS. The maximum atomic E-state index is 6.30. The minimum atomic E-state index is -0.131. The Morgan fingerprint density at radius 3 is 2.18 bits per heavy atom. The number of hydrogen-bond acceptors (Lipinski definition) is 4. The normalized spacial score (nSPS) is 12.0. The first-order chi connectivity index (χ1) is 19.0. The van der Waals surface area contributed by atoms with E-state index in [0.29, 0.717) is 5.89 Å². The number of anilines is 2. The lowest BCUT2D eigenvalue weighted by atomic mass is 9.99. The summed E-state index contributed by atoms with van der Waals surface area (Å²) < 4.78 is 8.93. The summed E-state index contributed by atoms with van der Waals surface area (Å²) in [6.07, 6.45) is 0. The average molecular weight is 525 g/mol. The number of aromatic nitrogens is 1. The first-order valence-electron chi connectivity index (χ1n) is 13.2. The van der Waals surface area contributed by atoms with Gasteiger partial charge in [0.05, 0.1) is 5.69 Å². The summed E-state index contributed by atoms with van der Waals surface area (Å²) in [7, 11) is 0. The first kappa shape index (κ1) is 23.7. The smallest absolute Gasteiger partial charge is 0.227 e. The van der Waals surface area contributed by atoms with Gasteiger partial charge in [-0.05, 0) is 74.9 Å². The van der Waals surface area contributed by atoms with Crippen LogP contribution in [-0.4, -0.2) is 10.5 Å². The van der Waals surface area contributed by atoms with Crippen LogP contribution < -0.4 is 4.90 Å². The monoisotopic (exact) mass is 524 g/mol. The van der Waals surface area contributed by atoms with Crippen molar-refractivity contribution in [2.45, 2.75) is 26.3 Å². The zero-order valence-corrected chi connectivity index (χ0v) is 23.0. The maximum absolute atomic E-state index is 6.30. The molecular weight excluding hydrogens is 496 g/mol. The minimum absolute atomic E-state index is 0.131. The van der Waals surface area contributed by atoms with E-state index < -0.39 is 0 Å². The van der Waals surface area contributed by atoms with Gasteiger partial charge >= 0.3 is 0 Å². The fraction of sp³-hybridized carbons (Fsp3) is 0.114. The highest BCUT2D eigenvalue weighted by atomic mass is 32.1. The zero-order valence-electron chi connectivity index (χ0n) is 22.2. The lowest BCUT2D eigenvalue weighted by molar-refractivity contribution is 0.561. The van der Waals surface area contributed by atoms with Crippen molar-refractivity contribution in [1.82, 2.24) is 4.98 Å². The fourth-order valence-corrected chi connectivity index (χ4v) is 6.63. The highest BCUT2D eigenvalue weighted by Crippen LogP contribution is 2.44. The Morgan fingerprint density at radius 1 is 0.667 bits per heavy atom. The third kappa shape index (κ3) is 4.08. The molecule has 3 nitrogen and oxygen atoms in total. The largest absolute Gasteiger partial charge is 0.435 e. The van der Waals surface area contributed by atoms with Gasteiger partial charge in [0.2, 0.25) is 5.89 Å². The Labute approximate surface area is 232 Å². The number of fused-ring (bicyclic) bond motifs is 4. The molecule has 0 spiro atoms. The van der Waals surface area contributed by atoms with E-state index in [-0.39, 0.29) is 5.54 Å². The van der Waals surface area contributed by atoms with E-state index in [0.717, 1.165) is 33.5 Å². The maximum Gasteiger partial charge on any atom is 0.227 e. The molecule has 5 aromatic carbocycles. The van der Waals surface area contributed by atoms with Gasteiger partial charge in [0, 0.05) is 42.5 Å². The lowest BCUT2D eigenvalue weighted by Gasteiger charge is -2.38. The van der Waals surface area contributed by atoms with Gasteiger partial charge < -0.3 is 9.32 Å². The van der Waals surface area contributed by atoms with Gasteiger partial charge in [-0.1, -0.05) is 66.7 Å². The Hall–Kier alpha value is -4.41. The highest BCUT2D eigenvalue weighted by Gasteiger charge is 2.26. The molecule has 0 aliphatic rings. The molecule has 0 aliphatic carbocycles. The molecule has 7 aromatic rings. The Morgan fingerprint density at radius 2 is 1.38 bits per heavy atom. The first-order valence-corrected chi connectivity index (χ1v) is 14.0. The number of benzene rings is 5. The van der Waals surface area contributed by atoms with E-state index in [1.807, 2.05) is 53.8 Å². The fourth-order valence-electron chi connectivity index (χ4n) is 5.50. The van der Waals surface area contributed by atoms with Gasteiger partial charge in [-0.3, -0.25) is 0 Å². The quantitative estimate of drug-likeness (QED) is 0.229. The molecule has 0 amide bonds. The minimum Gasteiger partial charge on any atom is -0.435 e. The molecule has 0 radical (unpaired) electrons. The van der Waals surface area contributed by atoms with Crippen LogP contribution in [0.4, 0.5) is 11.4 Å². The molecule has 0 fully saturated rings. The number of nitrogens with zero attached hydrogens (tertiary/aromatic N) is 2. The molecule has 0 N–H and O–H groups in total. The molecule has 0 saturated heterocycles. The second-order valence-corrected chi connectivity index (χ2v) is 11.9. The van der Waals surface area contributed by atoms with Crippen LogP contribution in [0, 0.1) is 0 Å². The van der Waals surface area contributed by atoms with E-state index in [1.165, 1.54) is 25.9 Å². The standard InChI is InChI=1S/C35H28N2OS/c1-35(2,3)37(29-16-10-18-31-32(29)27-13-7-8-17-30(27)39-31)25-21-19-23(20-22-25)26-14-9-15-28-33(26)38-34(36-28)24-11-5-4-6-12-24/h4-22H,1-3H3. The van der Waals surface area contributed by atoms with Crippen molar-refractivity contribution in [3.05, 3.63) is 115 Å². The molecule has 190 valence electrons. The summed E-state index contributed by atoms with van der Waals surface area (Å²) in [5.41, 5.74) is 7.06. The molecule has 2 heterocycles. The summed E-state index contributed by atoms with van der Waals surface area (Å²) in [4.78, 5) is 7.22. The topological polar surface area (TPSA) is 29.3 Å². The third-order valence-electron chi connectivity index (χ3n) is 7.16. The van der Waals surface area contributed by atoms with Crippen LogP contribution in [0.3, 0.4) is 0 Å².